The van der Waals surface area contributed by atoms with Crippen molar-refractivity contribution in [2.45, 2.75) is 87.6 Å². The largest absolute Gasteiger partial charge is 0.461 e. The van der Waals surface area contributed by atoms with E-state index in [1.54, 1.807) is 53.6 Å². The van der Waals surface area contributed by atoms with Gasteiger partial charge in [0.2, 0.25) is 11.8 Å². The molecule has 1 unspecified atom stereocenters. The number of fused-ring (bicyclic) bond motifs is 2. The molecule has 2 amide bonds. The van der Waals surface area contributed by atoms with Crippen molar-refractivity contribution in [3.63, 3.8) is 0 Å². The predicted octanol–water partition coefficient (Wildman–Crippen LogP) is 2.64. The Hall–Kier alpha value is -1.72. The van der Waals surface area contributed by atoms with Gasteiger partial charge in [-0.25, -0.2) is 9.69 Å². The molecule has 8 rings (SSSR count). The first-order valence-corrected chi connectivity index (χ1v) is 19.1. The summed E-state index contributed by atoms with van der Waals surface area (Å²) in [5, 5.41) is 26.6. The Morgan fingerprint density at radius 2 is 1.84 bits per heavy atom. The number of rotatable bonds is 9. The lowest BCUT2D eigenvalue weighted by atomic mass is 9.42. The molecule has 2 aliphatic heterocycles. The molecule has 50 heavy (non-hydrogen) atoms. The van der Waals surface area contributed by atoms with E-state index in [1.165, 1.54) is 0 Å². The van der Waals surface area contributed by atoms with Gasteiger partial charge in [-0.15, -0.1) is 0 Å². The average Bonchev–Trinajstić information content (AvgIpc) is 3.63. The van der Waals surface area contributed by atoms with E-state index in [0.29, 0.717) is 25.9 Å². The van der Waals surface area contributed by atoms with Gasteiger partial charge in [-0.1, -0.05) is 13.8 Å². The topological polar surface area (TPSA) is 144 Å². The molecular weight excluding hydrogens is 757 g/mol. The Kier molecular flexibility index (Phi) is 8.40. The van der Waals surface area contributed by atoms with Gasteiger partial charge in [-0.05, 0) is 72.5 Å². The minimum Gasteiger partial charge on any atom is -0.461 e. The summed E-state index contributed by atoms with van der Waals surface area (Å²) in [7, 11) is 6.71. The number of likely N-dealkylation sites (N-methyl/N-ethyl adjacent to an activating group) is 1. The van der Waals surface area contributed by atoms with Crippen LogP contribution in [0.5, 0.6) is 0 Å². The molecule has 5 aliphatic carbocycles. The van der Waals surface area contributed by atoms with Crippen LogP contribution >= 0.6 is 22.6 Å². The van der Waals surface area contributed by atoms with Crippen LogP contribution in [0.3, 0.4) is 0 Å². The Bertz CT molecular complexity index is 1610. The maximum absolute atomic E-state index is 14.2. The van der Waals surface area contributed by atoms with Crippen molar-refractivity contribution in [3.05, 3.63) is 27.3 Å². The molecule has 2 saturated heterocycles. The fourth-order valence-electron chi connectivity index (χ4n) is 13.2. The van der Waals surface area contributed by atoms with E-state index < -0.39 is 46.1 Å². The third-order valence-corrected chi connectivity index (χ3v) is 15.3. The summed E-state index contributed by atoms with van der Waals surface area (Å²) in [6.45, 7) is 4.95. The van der Waals surface area contributed by atoms with Crippen LogP contribution in [0.25, 0.3) is 0 Å². The Labute approximate surface area is 306 Å². The summed E-state index contributed by atoms with van der Waals surface area (Å²) in [5.74, 6) is -2.49. The van der Waals surface area contributed by atoms with Gasteiger partial charge in [0.15, 0.2) is 0 Å². The Balaban J connectivity index is 1.24. The number of halogens is 1. The van der Waals surface area contributed by atoms with Gasteiger partial charge < -0.3 is 33.9 Å². The van der Waals surface area contributed by atoms with Gasteiger partial charge in [0, 0.05) is 85.9 Å². The molecule has 7 aliphatic rings. The van der Waals surface area contributed by atoms with Crippen molar-refractivity contribution in [1.82, 2.24) is 4.90 Å². The first-order chi connectivity index (χ1) is 23.8. The molecule has 13 heteroatoms. The van der Waals surface area contributed by atoms with Crippen molar-refractivity contribution >= 4 is 46.1 Å². The summed E-state index contributed by atoms with van der Waals surface area (Å²) < 4.78 is 32.2. The van der Waals surface area contributed by atoms with Gasteiger partial charge in [-0.3, -0.25) is 14.5 Å². The monoisotopic (exact) mass is 806 g/mol. The molecule has 7 fully saturated rings. The number of carbonyl (C=O) groups is 3. The number of likely N-dealkylation sites (tertiary alicyclic amines) is 1. The van der Waals surface area contributed by atoms with Crippen LogP contribution in [0.1, 0.15) is 56.3 Å². The fourth-order valence-corrected chi connectivity index (χ4v) is 13.7. The number of esters is 1. The maximum atomic E-state index is 14.2. The highest BCUT2D eigenvalue weighted by Crippen LogP contribution is 2.80. The molecule has 1 spiro atoms. The highest BCUT2D eigenvalue weighted by molar-refractivity contribution is 14.1. The van der Waals surface area contributed by atoms with Crippen molar-refractivity contribution in [2.75, 3.05) is 53.0 Å². The predicted molar refractivity (Wildman–Crippen MR) is 187 cm³/mol. The molecule has 0 aromatic heterocycles. The second kappa shape index (κ2) is 11.9. The zero-order valence-corrected chi connectivity index (χ0v) is 31.8. The SMILES string of the molecule is CCN1C[C@]2(COC(=O)c3cc([125I])ccc3N3C(=O)C[C@H](C)C3=O)CC[C@H](OC)[C@@]34C2[C@H](OC)[C@](O)([C@H]13)[C@@]1(O)C[C@H](OC)[C@H]2C[C@@H]4[C@@H]1[C@H]2OC. The van der Waals surface area contributed by atoms with Gasteiger partial charge in [-0.2, -0.15) is 0 Å². The van der Waals surface area contributed by atoms with Crippen LogP contribution < -0.4 is 4.90 Å². The van der Waals surface area contributed by atoms with E-state index in [9.17, 15) is 24.6 Å². The zero-order chi connectivity index (χ0) is 35.7. The number of imide groups is 1. The molecular formula is C37H49IN2O10. The highest BCUT2D eigenvalue weighted by atomic mass is 125. The maximum Gasteiger partial charge on any atom is 0.340 e. The smallest absolute Gasteiger partial charge is 0.340 e. The normalized spacial score (nSPS) is 47.3. The van der Waals surface area contributed by atoms with Gasteiger partial charge in [0.1, 0.15) is 11.2 Å². The van der Waals surface area contributed by atoms with Gasteiger partial charge in [0.05, 0.1) is 48.3 Å². The first-order valence-electron chi connectivity index (χ1n) is 18.0. The minimum atomic E-state index is -1.70. The number of hydrogen-bond acceptors (Lipinski definition) is 11. The van der Waals surface area contributed by atoms with Crippen LogP contribution in [0.4, 0.5) is 5.69 Å². The van der Waals surface area contributed by atoms with Gasteiger partial charge in [0.25, 0.3) is 0 Å². The highest BCUT2D eigenvalue weighted by Gasteiger charge is 2.91. The first kappa shape index (κ1) is 35.3. The van der Waals surface area contributed by atoms with Crippen LogP contribution in [0, 0.1) is 44.0 Å². The molecule has 2 heterocycles. The third kappa shape index (κ3) is 4.09. The van der Waals surface area contributed by atoms with E-state index in [-0.39, 0.29) is 84.5 Å². The summed E-state index contributed by atoms with van der Waals surface area (Å²) in [5.41, 5.74) is -4.18. The van der Waals surface area contributed by atoms with E-state index in [1.807, 2.05) is 0 Å². The number of carbonyl (C=O) groups excluding carboxylic acids is 3. The summed E-state index contributed by atoms with van der Waals surface area (Å²) in [4.78, 5) is 43.6. The summed E-state index contributed by atoms with van der Waals surface area (Å²) in [6, 6.07) is 4.59. The lowest BCUT2D eigenvalue weighted by Crippen LogP contribution is -2.82. The lowest BCUT2D eigenvalue weighted by molar-refractivity contribution is -0.320. The quantitative estimate of drug-likeness (QED) is 0.216. The number of hydrogen-bond donors (Lipinski definition) is 2. The molecule has 12 nitrogen and oxygen atoms in total. The number of benzene rings is 1. The second-order valence-corrected chi connectivity index (χ2v) is 17.3. The van der Waals surface area contributed by atoms with E-state index in [4.69, 9.17) is 23.7 Å². The van der Waals surface area contributed by atoms with Crippen molar-refractivity contribution in [1.29, 1.82) is 0 Å². The van der Waals surface area contributed by atoms with Crippen LogP contribution in [-0.2, 0) is 33.3 Å². The standard InChI is InChI=1S/C37H49IN2O10/c1-7-39-16-34(17-50-32(43)20-13-19(38)8-9-23(20)40-26(41)12-18(2)31(40)42)11-10-25(47-4)36-22-14-21-24(46-3)15-35(44,27(22)28(21)48-5)37(45,33(36)39)30(49-6)29(34)36/h8-9,13,18,21-22,24-25,27-30,33,44-45H,7,10-12,14-17H2,1-6H3/t18-,21+,22+,24-,25-,27+,28-,29?,30-,33+,34-,35+,36-,37-/m0/s1/i38-2. The summed E-state index contributed by atoms with van der Waals surface area (Å²) in [6.07, 6.45) is 0.792. The molecule has 1 aromatic carbocycles. The summed E-state index contributed by atoms with van der Waals surface area (Å²) >= 11 is 2.11. The number of methoxy groups -OCH3 is 4. The molecule has 1 aromatic rings. The number of amides is 2. The average molecular weight is 807 g/mol. The zero-order valence-electron chi connectivity index (χ0n) is 29.6. The van der Waals surface area contributed by atoms with E-state index >= 15 is 0 Å². The molecule has 274 valence electrons. The molecule has 7 bridgehead atoms. The second-order valence-electron chi connectivity index (χ2n) is 16.1. The third-order valence-electron chi connectivity index (χ3n) is 14.6. The number of nitrogens with zero attached hydrogens (tertiary/aromatic N) is 2. The van der Waals surface area contributed by atoms with Crippen molar-refractivity contribution < 1.29 is 48.3 Å². The van der Waals surface area contributed by atoms with E-state index in [0.717, 1.165) is 14.9 Å². The molecule has 0 radical (unpaired) electrons. The van der Waals surface area contributed by atoms with Crippen LogP contribution in [0.15, 0.2) is 18.2 Å². The van der Waals surface area contributed by atoms with Crippen LogP contribution in [-0.4, -0.2) is 123 Å². The number of piperidine rings is 1. The fraction of sp³-hybridized carbons (Fsp3) is 0.757. The minimum absolute atomic E-state index is 0.0324. The van der Waals surface area contributed by atoms with Crippen molar-refractivity contribution in [2.24, 2.45) is 40.4 Å². The van der Waals surface area contributed by atoms with Crippen molar-refractivity contribution in [3.8, 4) is 0 Å². The Morgan fingerprint density at radius 1 is 1.08 bits per heavy atom. The Morgan fingerprint density at radius 3 is 2.46 bits per heavy atom. The number of ether oxygens (including phenoxy) is 5. The number of anilines is 1. The van der Waals surface area contributed by atoms with E-state index in [2.05, 4.69) is 34.4 Å². The van der Waals surface area contributed by atoms with Crippen LogP contribution in [0.2, 0.25) is 0 Å². The molecule has 14 atom stereocenters. The van der Waals surface area contributed by atoms with Gasteiger partial charge >= 0.3 is 5.97 Å². The molecule has 5 saturated carbocycles. The number of aliphatic hydroxyl groups is 2. The lowest BCUT2D eigenvalue weighted by Gasteiger charge is -2.70. The molecule has 2 N–H and O–H groups in total.